The number of ketones is 1. The Labute approximate surface area is 176 Å². The quantitative estimate of drug-likeness (QED) is 0.754. The molecule has 0 spiro atoms. The number of fused-ring (bicyclic) bond motifs is 2. The van der Waals surface area contributed by atoms with Gasteiger partial charge in [0.15, 0.2) is 23.9 Å². The van der Waals surface area contributed by atoms with Gasteiger partial charge in [0, 0.05) is 19.5 Å². The van der Waals surface area contributed by atoms with Crippen LogP contribution >= 0.6 is 0 Å². The van der Waals surface area contributed by atoms with Crippen molar-refractivity contribution in [2.24, 2.45) is 0 Å². The van der Waals surface area contributed by atoms with Crippen molar-refractivity contribution in [1.29, 1.82) is 0 Å². The third-order valence-corrected chi connectivity index (χ3v) is 6.11. The molecule has 0 fully saturated rings. The lowest BCUT2D eigenvalue weighted by Crippen LogP contribution is -2.39. The normalized spacial score (nSPS) is 17.4. The lowest BCUT2D eigenvalue weighted by Gasteiger charge is -2.29. The lowest BCUT2D eigenvalue weighted by atomic mass is 9.97. The first-order valence-corrected chi connectivity index (χ1v) is 10.2. The minimum Gasteiger partial charge on any atom is -0.493 e. The van der Waals surface area contributed by atoms with Crippen molar-refractivity contribution >= 4 is 11.7 Å². The molecule has 1 atom stereocenters. The van der Waals surface area contributed by atoms with Gasteiger partial charge < -0.3 is 19.1 Å². The molecule has 2 aliphatic rings. The minimum absolute atomic E-state index is 0.0835. The van der Waals surface area contributed by atoms with Crippen LogP contribution in [-0.2, 0) is 17.8 Å². The predicted octanol–water partition coefficient (Wildman–Crippen LogP) is 3.67. The summed E-state index contributed by atoms with van der Waals surface area (Å²) in [6.07, 6.45) is 1.25. The Balaban J connectivity index is 1.47. The fraction of sp³-hybridized carbons (Fsp3) is 0.417. The highest BCUT2D eigenvalue weighted by Crippen LogP contribution is 2.40. The van der Waals surface area contributed by atoms with E-state index in [1.54, 1.807) is 25.2 Å². The van der Waals surface area contributed by atoms with Gasteiger partial charge in [0.2, 0.25) is 0 Å². The summed E-state index contributed by atoms with van der Waals surface area (Å²) < 4.78 is 16.6. The van der Waals surface area contributed by atoms with E-state index in [0.717, 1.165) is 28.7 Å². The molecule has 0 N–H and O–H groups in total. The summed E-state index contributed by atoms with van der Waals surface area (Å²) >= 11 is 0. The van der Waals surface area contributed by atoms with Gasteiger partial charge in [0.1, 0.15) is 5.75 Å². The maximum atomic E-state index is 12.8. The van der Waals surface area contributed by atoms with Crippen LogP contribution in [0.2, 0.25) is 0 Å². The zero-order chi connectivity index (χ0) is 21.4. The van der Waals surface area contributed by atoms with Gasteiger partial charge in [0.05, 0.1) is 19.8 Å². The summed E-state index contributed by atoms with van der Waals surface area (Å²) in [7, 11) is 3.22. The zero-order valence-electron chi connectivity index (χ0n) is 17.9. The molecule has 4 rings (SSSR count). The summed E-state index contributed by atoms with van der Waals surface area (Å²) in [6.45, 7) is 5.10. The molecule has 6 heteroatoms. The monoisotopic (exact) mass is 409 g/mol. The molecule has 1 amide bonds. The van der Waals surface area contributed by atoms with Gasteiger partial charge in [-0.2, -0.15) is 0 Å². The Bertz CT molecular complexity index is 1010. The second-order valence-electron chi connectivity index (χ2n) is 8.03. The van der Waals surface area contributed by atoms with Crippen LogP contribution in [0.1, 0.15) is 51.9 Å². The van der Waals surface area contributed by atoms with E-state index >= 15 is 0 Å². The van der Waals surface area contributed by atoms with Crippen molar-refractivity contribution in [3.05, 3.63) is 52.1 Å². The average Bonchev–Trinajstić information content (AvgIpc) is 3.06. The summed E-state index contributed by atoms with van der Waals surface area (Å²) in [5.41, 5.74) is 5.01. The van der Waals surface area contributed by atoms with Crippen LogP contribution < -0.4 is 14.2 Å². The van der Waals surface area contributed by atoms with Crippen molar-refractivity contribution in [2.75, 3.05) is 27.4 Å². The highest BCUT2D eigenvalue weighted by molar-refractivity contribution is 6.04. The highest BCUT2D eigenvalue weighted by Gasteiger charge is 2.31. The number of rotatable bonds is 5. The van der Waals surface area contributed by atoms with E-state index < -0.39 is 0 Å². The van der Waals surface area contributed by atoms with Gasteiger partial charge in [0.25, 0.3) is 5.91 Å². The van der Waals surface area contributed by atoms with E-state index in [1.165, 1.54) is 0 Å². The number of carbonyl (C=O) groups excluding carboxylic acids is 2. The molecule has 6 nitrogen and oxygen atoms in total. The number of methoxy groups -OCH3 is 2. The fourth-order valence-electron chi connectivity index (χ4n) is 4.56. The second-order valence-corrected chi connectivity index (χ2v) is 8.03. The van der Waals surface area contributed by atoms with Gasteiger partial charge in [-0.3, -0.25) is 9.59 Å². The number of ether oxygens (including phenoxy) is 3. The molecule has 0 unspecified atom stereocenters. The molecule has 0 aromatic heterocycles. The van der Waals surface area contributed by atoms with Crippen LogP contribution in [0.25, 0.3) is 0 Å². The maximum absolute atomic E-state index is 12.8. The van der Waals surface area contributed by atoms with Crippen molar-refractivity contribution in [3.8, 4) is 17.2 Å². The Morgan fingerprint density at radius 2 is 1.80 bits per heavy atom. The number of amides is 1. The van der Waals surface area contributed by atoms with Crippen LogP contribution in [0, 0.1) is 6.92 Å². The molecule has 158 valence electrons. The standard InChI is InChI=1S/C24H27NO5/c1-14-5-6-19(24-18(26)9-15(2)23(14)24)30-13-22(27)25-8-7-16-10-20(28-3)21(29-4)11-17(16)12-25/h5-6,10-11,15H,7-9,12-13H2,1-4H3/t15-/m1/s1. The van der Waals surface area contributed by atoms with Crippen molar-refractivity contribution < 1.29 is 23.8 Å². The summed E-state index contributed by atoms with van der Waals surface area (Å²) in [5, 5.41) is 0. The van der Waals surface area contributed by atoms with Crippen LogP contribution in [-0.4, -0.2) is 44.0 Å². The van der Waals surface area contributed by atoms with Crippen LogP contribution in [0.5, 0.6) is 17.2 Å². The van der Waals surface area contributed by atoms with E-state index in [2.05, 4.69) is 6.92 Å². The molecular formula is C24H27NO5. The lowest BCUT2D eigenvalue weighted by molar-refractivity contribution is -0.134. The maximum Gasteiger partial charge on any atom is 0.260 e. The first-order valence-electron chi connectivity index (χ1n) is 10.2. The number of carbonyl (C=O) groups is 2. The van der Waals surface area contributed by atoms with Gasteiger partial charge in [-0.1, -0.05) is 13.0 Å². The SMILES string of the molecule is COc1cc2c(cc1OC)CN(C(=O)COc1ccc(C)c3c1C(=O)C[C@H]3C)CC2. The first-order chi connectivity index (χ1) is 14.4. The van der Waals surface area contributed by atoms with Gasteiger partial charge >= 0.3 is 0 Å². The number of hydrogen-bond acceptors (Lipinski definition) is 5. The molecule has 1 heterocycles. The van der Waals surface area contributed by atoms with E-state index in [0.29, 0.717) is 42.3 Å². The molecule has 0 saturated heterocycles. The van der Waals surface area contributed by atoms with E-state index in [-0.39, 0.29) is 24.2 Å². The molecule has 0 bridgehead atoms. The molecule has 0 saturated carbocycles. The van der Waals surface area contributed by atoms with Gasteiger partial charge in [-0.15, -0.1) is 0 Å². The number of Topliss-reactive ketones (excluding diaryl/α,β-unsaturated/α-hetero) is 1. The molecule has 2 aromatic carbocycles. The summed E-state index contributed by atoms with van der Waals surface area (Å²) in [4.78, 5) is 27.1. The molecule has 2 aromatic rings. The third-order valence-electron chi connectivity index (χ3n) is 6.11. The van der Waals surface area contributed by atoms with Crippen molar-refractivity contribution in [3.63, 3.8) is 0 Å². The highest BCUT2D eigenvalue weighted by atomic mass is 16.5. The largest absolute Gasteiger partial charge is 0.493 e. The number of aryl methyl sites for hydroxylation is 1. The first kappa shape index (κ1) is 20.3. The number of hydrogen-bond donors (Lipinski definition) is 0. The number of nitrogens with zero attached hydrogens (tertiary/aromatic N) is 1. The van der Waals surface area contributed by atoms with E-state index in [4.69, 9.17) is 14.2 Å². The third kappa shape index (κ3) is 3.51. The van der Waals surface area contributed by atoms with Crippen molar-refractivity contribution in [2.45, 2.75) is 39.2 Å². The molecular weight excluding hydrogens is 382 g/mol. The fourth-order valence-corrected chi connectivity index (χ4v) is 4.56. The topological polar surface area (TPSA) is 65.1 Å². The molecule has 0 radical (unpaired) electrons. The Kier molecular flexibility index (Phi) is 5.41. The van der Waals surface area contributed by atoms with Gasteiger partial charge in [-0.25, -0.2) is 0 Å². The van der Waals surface area contributed by atoms with Crippen LogP contribution in [0.3, 0.4) is 0 Å². The zero-order valence-corrected chi connectivity index (χ0v) is 17.9. The number of benzene rings is 2. The summed E-state index contributed by atoms with van der Waals surface area (Å²) in [5.74, 6) is 2.07. The molecule has 1 aliphatic heterocycles. The van der Waals surface area contributed by atoms with Crippen LogP contribution in [0.15, 0.2) is 24.3 Å². The minimum atomic E-state index is -0.0942. The van der Waals surface area contributed by atoms with Crippen LogP contribution in [0.4, 0.5) is 0 Å². The Morgan fingerprint density at radius 3 is 2.50 bits per heavy atom. The van der Waals surface area contributed by atoms with E-state index in [1.807, 2.05) is 25.1 Å². The Hall–Kier alpha value is -3.02. The summed E-state index contributed by atoms with van der Waals surface area (Å²) in [6, 6.07) is 7.68. The molecule has 30 heavy (non-hydrogen) atoms. The van der Waals surface area contributed by atoms with E-state index in [9.17, 15) is 9.59 Å². The average molecular weight is 409 g/mol. The second kappa shape index (κ2) is 8.01. The smallest absolute Gasteiger partial charge is 0.260 e. The predicted molar refractivity (Wildman–Crippen MR) is 113 cm³/mol. The molecule has 1 aliphatic carbocycles. The van der Waals surface area contributed by atoms with Crippen molar-refractivity contribution in [1.82, 2.24) is 4.90 Å². The Morgan fingerprint density at radius 1 is 1.10 bits per heavy atom. The van der Waals surface area contributed by atoms with Gasteiger partial charge in [-0.05, 0) is 59.7 Å².